The third-order valence-corrected chi connectivity index (χ3v) is 6.82. The first kappa shape index (κ1) is 24.7. The minimum Gasteiger partial charge on any atom is -0.497 e. The molecule has 0 unspecified atom stereocenters. The molecule has 4 rings (SSSR count). The molecule has 0 saturated carbocycles. The van der Waals surface area contributed by atoms with Crippen molar-refractivity contribution >= 4 is 57.6 Å². The second-order valence-corrected chi connectivity index (χ2v) is 9.60. The highest BCUT2D eigenvalue weighted by atomic mass is 35.5. The number of ether oxygens (including phenoxy) is 2. The van der Waals surface area contributed by atoms with E-state index < -0.39 is 4.92 Å². The van der Waals surface area contributed by atoms with Crippen LogP contribution in [-0.2, 0) is 17.9 Å². The van der Waals surface area contributed by atoms with Gasteiger partial charge in [0, 0.05) is 12.1 Å². The van der Waals surface area contributed by atoms with Gasteiger partial charge in [-0.1, -0.05) is 65.9 Å². The molecule has 1 amide bonds. The first-order chi connectivity index (χ1) is 16.8. The van der Waals surface area contributed by atoms with Gasteiger partial charge in [0.1, 0.15) is 22.4 Å². The molecule has 3 aromatic carbocycles. The minimum absolute atomic E-state index is 0.00292. The van der Waals surface area contributed by atoms with Gasteiger partial charge in [0.2, 0.25) is 0 Å². The van der Waals surface area contributed by atoms with Crippen LogP contribution in [0.2, 0.25) is 5.02 Å². The van der Waals surface area contributed by atoms with Crippen LogP contribution in [0.4, 0.5) is 5.69 Å². The fourth-order valence-electron chi connectivity index (χ4n) is 3.35. The molecule has 0 aliphatic carbocycles. The van der Waals surface area contributed by atoms with Crippen LogP contribution in [-0.4, -0.2) is 27.2 Å². The van der Waals surface area contributed by atoms with Crippen LogP contribution < -0.4 is 9.47 Å². The maximum atomic E-state index is 13.0. The SMILES string of the molecule is COc1ccc(CN2C(=O)/C(=C/c3ccc(OCc4cccc([N+](=O)[O-])c4)c(Cl)c3)SC2=S)cc1. The number of thioether (sulfide) groups is 1. The molecule has 0 N–H and O–H groups in total. The summed E-state index contributed by atoms with van der Waals surface area (Å²) in [5, 5.41) is 11.3. The van der Waals surface area contributed by atoms with Crippen LogP contribution in [0.3, 0.4) is 0 Å². The summed E-state index contributed by atoms with van der Waals surface area (Å²) in [7, 11) is 1.60. The lowest BCUT2D eigenvalue weighted by molar-refractivity contribution is -0.384. The zero-order chi connectivity index (χ0) is 24.9. The summed E-state index contributed by atoms with van der Waals surface area (Å²) in [6.45, 7) is 0.502. The lowest BCUT2D eigenvalue weighted by Crippen LogP contribution is -2.27. The number of halogens is 1. The molecule has 10 heteroatoms. The third-order valence-electron chi connectivity index (χ3n) is 5.14. The Morgan fingerprint density at radius 2 is 1.89 bits per heavy atom. The largest absolute Gasteiger partial charge is 0.497 e. The van der Waals surface area contributed by atoms with E-state index in [9.17, 15) is 14.9 Å². The van der Waals surface area contributed by atoms with Crippen molar-refractivity contribution in [3.8, 4) is 11.5 Å². The van der Waals surface area contributed by atoms with Gasteiger partial charge in [-0.15, -0.1) is 0 Å². The number of amides is 1. The monoisotopic (exact) mass is 526 g/mol. The summed E-state index contributed by atoms with van der Waals surface area (Å²) < 4.78 is 11.4. The van der Waals surface area contributed by atoms with Crippen molar-refractivity contribution in [2.75, 3.05) is 7.11 Å². The molecule has 1 aliphatic rings. The van der Waals surface area contributed by atoms with E-state index in [4.69, 9.17) is 33.3 Å². The van der Waals surface area contributed by atoms with Crippen molar-refractivity contribution in [2.24, 2.45) is 0 Å². The molecule has 7 nitrogen and oxygen atoms in total. The molecule has 3 aromatic rings. The number of carbonyl (C=O) groups is 1. The van der Waals surface area contributed by atoms with Gasteiger partial charge in [0.15, 0.2) is 0 Å². The molecule has 0 bridgehead atoms. The zero-order valence-corrected chi connectivity index (χ0v) is 20.9. The quantitative estimate of drug-likeness (QED) is 0.149. The van der Waals surface area contributed by atoms with Crippen LogP contribution in [0.15, 0.2) is 71.6 Å². The topological polar surface area (TPSA) is 81.9 Å². The van der Waals surface area contributed by atoms with E-state index in [0.717, 1.165) is 16.9 Å². The number of rotatable bonds is 8. The number of methoxy groups -OCH3 is 1. The molecular formula is C25H19ClN2O5S2. The molecule has 0 spiro atoms. The number of carbonyl (C=O) groups excluding carboxylic acids is 1. The number of hydrogen-bond acceptors (Lipinski definition) is 7. The third kappa shape index (κ3) is 6.00. The molecule has 35 heavy (non-hydrogen) atoms. The Kier molecular flexibility index (Phi) is 7.70. The average molecular weight is 527 g/mol. The lowest BCUT2D eigenvalue weighted by atomic mass is 10.2. The van der Waals surface area contributed by atoms with Gasteiger partial charge in [-0.05, 0) is 47.0 Å². The van der Waals surface area contributed by atoms with Gasteiger partial charge in [-0.3, -0.25) is 19.8 Å². The van der Waals surface area contributed by atoms with E-state index in [-0.39, 0.29) is 18.2 Å². The van der Waals surface area contributed by atoms with Crippen LogP contribution >= 0.6 is 35.6 Å². The Hall–Kier alpha value is -3.40. The second-order valence-electron chi connectivity index (χ2n) is 7.52. The van der Waals surface area contributed by atoms with Crippen molar-refractivity contribution in [2.45, 2.75) is 13.2 Å². The number of nitrogens with zero attached hydrogens (tertiary/aromatic N) is 2. The Bertz CT molecular complexity index is 1330. The highest BCUT2D eigenvalue weighted by Gasteiger charge is 2.32. The standard InChI is InChI=1S/C25H19ClN2O5S2/c1-32-20-8-5-16(6-9-20)14-27-24(29)23(35-25(27)34)13-17-7-10-22(21(26)12-17)33-15-18-3-2-4-19(11-18)28(30)31/h2-13H,14-15H2,1H3/b23-13-. The van der Waals surface area contributed by atoms with Crippen molar-refractivity contribution < 1.29 is 19.2 Å². The van der Waals surface area contributed by atoms with Crippen LogP contribution in [0.5, 0.6) is 11.5 Å². The van der Waals surface area contributed by atoms with Crippen molar-refractivity contribution in [3.05, 3.63) is 103 Å². The number of nitro benzene ring substituents is 1. The van der Waals surface area contributed by atoms with E-state index in [1.807, 2.05) is 24.3 Å². The molecular weight excluding hydrogens is 508 g/mol. The summed E-state index contributed by atoms with van der Waals surface area (Å²) >= 11 is 13.1. The highest BCUT2D eigenvalue weighted by Crippen LogP contribution is 2.35. The Labute approximate surface area is 216 Å². The van der Waals surface area contributed by atoms with Gasteiger partial charge in [0.05, 0.1) is 28.5 Å². The van der Waals surface area contributed by atoms with Crippen LogP contribution in [0.25, 0.3) is 6.08 Å². The highest BCUT2D eigenvalue weighted by molar-refractivity contribution is 8.26. The first-order valence-electron chi connectivity index (χ1n) is 10.4. The number of thiocarbonyl (C=S) groups is 1. The fraction of sp³-hybridized carbons (Fsp3) is 0.120. The Morgan fingerprint density at radius 3 is 2.57 bits per heavy atom. The maximum absolute atomic E-state index is 13.0. The number of nitro groups is 1. The summed E-state index contributed by atoms with van der Waals surface area (Å²) in [5.41, 5.74) is 2.32. The fourth-order valence-corrected chi connectivity index (χ4v) is 4.84. The maximum Gasteiger partial charge on any atom is 0.269 e. The van der Waals surface area contributed by atoms with Crippen molar-refractivity contribution in [1.29, 1.82) is 0 Å². The smallest absolute Gasteiger partial charge is 0.269 e. The van der Waals surface area contributed by atoms with E-state index in [1.54, 1.807) is 48.4 Å². The molecule has 1 saturated heterocycles. The summed E-state index contributed by atoms with van der Waals surface area (Å²) in [6.07, 6.45) is 1.74. The molecule has 0 radical (unpaired) electrons. The van der Waals surface area contributed by atoms with E-state index in [1.165, 1.54) is 23.9 Å². The van der Waals surface area contributed by atoms with Crippen molar-refractivity contribution in [3.63, 3.8) is 0 Å². The normalized spacial score (nSPS) is 14.5. The van der Waals surface area contributed by atoms with Crippen molar-refractivity contribution in [1.82, 2.24) is 4.90 Å². The molecule has 0 atom stereocenters. The Balaban J connectivity index is 1.43. The van der Waals surface area contributed by atoms with Gasteiger partial charge in [-0.2, -0.15) is 0 Å². The summed E-state index contributed by atoms with van der Waals surface area (Å²) in [5.74, 6) is 1.01. The average Bonchev–Trinajstić information content (AvgIpc) is 3.11. The predicted molar refractivity (Wildman–Crippen MR) is 141 cm³/mol. The summed E-state index contributed by atoms with van der Waals surface area (Å²) in [4.78, 5) is 25.5. The van der Waals surface area contributed by atoms with E-state index in [2.05, 4.69) is 0 Å². The number of non-ortho nitro benzene ring substituents is 1. The Morgan fingerprint density at radius 1 is 1.11 bits per heavy atom. The van der Waals surface area contributed by atoms with Crippen LogP contribution in [0, 0.1) is 10.1 Å². The molecule has 1 fully saturated rings. The molecule has 0 aromatic heterocycles. The van der Waals surface area contributed by atoms with Crippen LogP contribution in [0.1, 0.15) is 16.7 Å². The van der Waals surface area contributed by atoms with E-state index >= 15 is 0 Å². The minimum atomic E-state index is -0.453. The van der Waals surface area contributed by atoms with Gasteiger partial charge in [-0.25, -0.2) is 0 Å². The number of hydrogen-bond donors (Lipinski definition) is 0. The van der Waals surface area contributed by atoms with Gasteiger partial charge in [0.25, 0.3) is 11.6 Å². The molecule has 178 valence electrons. The molecule has 1 heterocycles. The number of benzene rings is 3. The second kappa shape index (κ2) is 10.9. The first-order valence-corrected chi connectivity index (χ1v) is 12.0. The molecule has 1 aliphatic heterocycles. The van der Waals surface area contributed by atoms with Gasteiger partial charge < -0.3 is 9.47 Å². The van der Waals surface area contributed by atoms with E-state index in [0.29, 0.717) is 32.1 Å². The summed E-state index contributed by atoms with van der Waals surface area (Å²) in [6, 6.07) is 18.9. The lowest BCUT2D eigenvalue weighted by Gasteiger charge is -2.14. The zero-order valence-electron chi connectivity index (χ0n) is 18.5. The van der Waals surface area contributed by atoms with Gasteiger partial charge >= 0.3 is 0 Å². The predicted octanol–water partition coefficient (Wildman–Crippen LogP) is 6.24.